The van der Waals surface area contributed by atoms with E-state index in [1.807, 2.05) is 30.3 Å². The van der Waals surface area contributed by atoms with Crippen molar-refractivity contribution in [3.63, 3.8) is 0 Å². The maximum absolute atomic E-state index is 11.6. The van der Waals surface area contributed by atoms with E-state index >= 15 is 0 Å². The molecule has 0 aliphatic carbocycles. The average molecular weight is 272 g/mol. The fourth-order valence-corrected chi connectivity index (χ4v) is 2.09. The van der Waals surface area contributed by atoms with Crippen LogP contribution in [-0.4, -0.2) is 12.2 Å². The smallest absolute Gasteiger partial charge is 0.339 e. The molecule has 0 saturated heterocycles. The first-order valence-corrected chi connectivity index (χ1v) is 6.21. The van der Waals surface area contributed by atoms with Gasteiger partial charge in [-0.1, -0.05) is 29.8 Å². The molecule has 3 rings (SSSR count). The van der Waals surface area contributed by atoms with Gasteiger partial charge in [-0.25, -0.2) is 4.79 Å². The summed E-state index contributed by atoms with van der Waals surface area (Å²) in [6.07, 6.45) is 1.21. The molecule has 94 valence electrons. The van der Waals surface area contributed by atoms with E-state index in [0.29, 0.717) is 10.6 Å². The third-order valence-corrected chi connectivity index (χ3v) is 3.16. The Labute approximate surface area is 115 Å². The van der Waals surface area contributed by atoms with Gasteiger partial charge in [0.05, 0.1) is 17.5 Å². The summed E-state index contributed by atoms with van der Waals surface area (Å²) in [5.41, 5.74) is 2.23. The van der Waals surface area contributed by atoms with Gasteiger partial charge in [0, 0.05) is 10.6 Å². The molecule has 0 aromatic heterocycles. The first-order chi connectivity index (χ1) is 9.24. The van der Waals surface area contributed by atoms with Crippen molar-refractivity contribution < 1.29 is 9.53 Å². The van der Waals surface area contributed by atoms with Gasteiger partial charge in [0.25, 0.3) is 0 Å². The van der Waals surface area contributed by atoms with Crippen LogP contribution in [0.4, 0.5) is 5.69 Å². The molecule has 0 fully saturated rings. The minimum absolute atomic E-state index is 0.303. The van der Waals surface area contributed by atoms with E-state index in [2.05, 4.69) is 4.99 Å². The Kier molecular flexibility index (Phi) is 3.05. The summed E-state index contributed by atoms with van der Waals surface area (Å²) in [5, 5.41) is 0.664. The van der Waals surface area contributed by atoms with Crippen LogP contribution in [0.15, 0.2) is 53.5 Å². The molecule has 0 radical (unpaired) electrons. The summed E-state index contributed by atoms with van der Waals surface area (Å²) < 4.78 is 5.26. The van der Waals surface area contributed by atoms with E-state index in [1.54, 1.807) is 24.4 Å². The topological polar surface area (TPSA) is 38.7 Å². The quantitative estimate of drug-likeness (QED) is 0.613. The molecule has 4 heteroatoms. The Hall–Kier alpha value is -2.13. The Morgan fingerprint density at radius 1 is 1.11 bits per heavy atom. The van der Waals surface area contributed by atoms with Crippen molar-refractivity contribution in [1.82, 2.24) is 0 Å². The number of rotatable bonds is 2. The van der Waals surface area contributed by atoms with E-state index in [1.165, 1.54) is 0 Å². The number of hydrogen-bond donors (Lipinski definition) is 0. The molecule has 0 spiro atoms. The van der Waals surface area contributed by atoms with Crippen molar-refractivity contribution in [2.45, 2.75) is 6.10 Å². The van der Waals surface area contributed by atoms with E-state index in [0.717, 1.165) is 11.3 Å². The molecule has 1 aliphatic rings. The second kappa shape index (κ2) is 4.86. The Morgan fingerprint density at radius 3 is 2.63 bits per heavy atom. The van der Waals surface area contributed by atoms with Crippen LogP contribution < -0.4 is 0 Å². The number of ether oxygens (including phenoxy) is 1. The second-order valence-corrected chi connectivity index (χ2v) is 4.60. The number of carbonyl (C=O) groups excluding carboxylic acids is 1. The highest BCUT2D eigenvalue weighted by molar-refractivity contribution is 6.30. The summed E-state index contributed by atoms with van der Waals surface area (Å²) >= 11 is 5.80. The average Bonchev–Trinajstić information content (AvgIpc) is 2.76. The van der Waals surface area contributed by atoms with Gasteiger partial charge >= 0.3 is 5.97 Å². The van der Waals surface area contributed by atoms with E-state index < -0.39 is 6.10 Å². The lowest BCUT2D eigenvalue weighted by Gasteiger charge is -2.03. The van der Waals surface area contributed by atoms with Crippen LogP contribution >= 0.6 is 11.6 Å². The summed E-state index contributed by atoms with van der Waals surface area (Å²) in [6, 6.07) is 14.5. The van der Waals surface area contributed by atoms with Gasteiger partial charge in [-0.2, -0.15) is 0 Å². The minimum Gasteiger partial charge on any atom is -0.448 e. The van der Waals surface area contributed by atoms with Crippen molar-refractivity contribution in [2.24, 2.45) is 4.99 Å². The van der Waals surface area contributed by atoms with Crippen LogP contribution in [0.25, 0.3) is 0 Å². The normalized spacial score (nSPS) is 17.5. The van der Waals surface area contributed by atoms with Gasteiger partial charge in [0.2, 0.25) is 0 Å². The lowest BCUT2D eigenvalue weighted by Crippen LogP contribution is -1.99. The number of benzene rings is 2. The molecule has 3 nitrogen and oxygen atoms in total. The molecule has 0 amide bonds. The van der Waals surface area contributed by atoms with Crippen LogP contribution in [0, 0.1) is 0 Å². The van der Waals surface area contributed by atoms with Crippen LogP contribution in [0.3, 0.4) is 0 Å². The zero-order chi connectivity index (χ0) is 13.2. The predicted octanol–water partition coefficient (Wildman–Crippen LogP) is 3.95. The fourth-order valence-electron chi connectivity index (χ4n) is 1.96. The van der Waals surface area contributed by atoms with Gasteiger partial charge in [-0.3, -0.25) is 4.99 Å². The highest BCUT2D eigenvalue weighted by Gasteiger charge is 2.28. The number of halogens is 1. The molecular formula is C15H10ClNO2. The monoisotopic (exact) mass is 271 g/mol. The molecule has 1 heterocycles. The lowest BCUT2D eigenvalue weighted by molar-refractivity contribution is 0.0500. The molecule has 1 aliphatic heterocycles. The minimum atomic E-state index is -0.417. The Balaban J connectivity index is 1.85. The van der Waals surface area contributed by atoms with Crippen LogP contribution in [0.2, 0.25) is 5.02 Å². The fraction of sp³-hybridized carbons (Fsp3) is 0.0667. The van der Waals surface area contributed by atoms with Crippen molar-refractivity contribution in [3.05, 3.63) is 64.7 Å². The SMILES string of the molecule is O=C1OC(C=Nc2ccc(Cl)cc2)c2ccccc21. The number of hydrogen-bond acceptors (Lipinski definition) is 3. The first kappa shape index (κ1) is 11.9. The van der Waals surface area contributed by atoms with Crippen LogP contribution in [-0.2, 0) is 4.74 Å². The van der Waals surface area contributed by atoms with Crippen LogP contribution in [0.5, 0.6) is 0 Å². The van der Waals surface area contributed by atoms with Crippen molar-refractivity contribution >= 4 is 29.5 Å². The van der Waals surface area contributed by atoms with E-state index in [9.17, 15) is 4.79 Å². The number of cyclic esters (lactones) is 1. The summed E-state index contributed by atoms with van der Waals surface area (Å²) in [7, 11) is 0. The predicted molar refractivity (Wildman–Crippen MR) is 74.2 cm³/mol. The summed E-state index contributed by atoms with van der Waals surface area (Å²) in [4.78, 5) is 15.9. The highest BCUT2D eigenvalue weighted by atomic mass is 35.5. The highest BCUT2D eigenvalue weighted by Crippen LogP contribution is 2.29. The zero-order valence-electron chi connectivity index (χ0n) is 9.92. The summed E-state index contributed by atoms with van der Waals surface area (Å²) in [6.45, 7) is 0. The number of carbonyl (C=O) groups is 1. The van der Waals surface area contributed by atoms with Gasteiger partial charge in [0.15, 0.2) is 6.10 Å². The zero-order valence-corrected chi connectivity index (χ0v) is 10.7. The van der Waals surface area contributed by atoms with Gasteiger partial charge < -0.3 is 4.74 Å². The standard InChI is InChI=1S/C15H10ClNO2/c16-10-5-7-11(8-6-10)17-9-14-12-3-1-2-4-13(12)15(18)19-14/h1-9,14H. The molecule has 19 heavy (non-hydrogen) atoms. The maximum Gasteiger partial charge on any atom is 0.339 e. The molecule has 1 atom stereocenters. The van der Waals surface area contributed by atoms with Crippen molar-refractivity contribution in [3.8, 4) is 0 Å². The second-order valence-electron chi connectivity index (χ2n) is 4.17. The third kappa shape index (κ3) is 2.37. The maximum atomic E-state index is 11.6. The number of aliphatic imine (C=N–C) groups is 1. The van der Waals surface area contributed by atoms with E-state index in [4.69, 9.17) is 16.3 Å². The molecular weight excluding hydrogens is 262 g/mol. The third-order valence-electron chi connectivity index (χ3n) is 2.91. The first-order valence-electron chi connectivity index (χ1n) is 5.84. The number of nitrogens with zero attached hydrogens (tertiary/aromatic N) is 1. The molecule has 0 bridgehead atoms. The summed E-state index contributed by atoms with van der Waals surface area (Å²) in [5.74, 6) is -0.303. The van der Waals surface area contributed by atoms with Crippen LogP contribution in [0.1, 0.15) is 22.0 Å². The van der Waals surface area contributed by atoms with E-state index in [-0.39, 0.29) is 5.97 Å². The van der Waals surface area contributed by atoms with Crippen molar-refractivity contribution in [2.75, 3.05) is 0 Å². The largest absolute Gasteiger partial charge is 0.448 e. The van der Waals surface area contributed by atoms with Gasteiger partial charge in [-0.05, 0) is 30.3 Å². The Bertz CT molecular complexity index is 649. The van der Waals surface area contributed by atoms with Gasteiger partial charge in [0.1, 0.15) is 0 Å². The molecule has 1 unspecified atom stereocenters. The molecule has 0 N–H and O–H groups in total. The number of fused-ring (bicyclic) bond motifs is 1. The molecule has 0 saturated carbocycles. The molecule has 2 aromatic rings. The molecule has 2 aromatic carbocycles. The van der Waals surface area contributed by atoms with Crippen molar-refractivity contribution in [1.29, 1.82) is 0 Å². The van der Waals surface area contributed by atoms with Gasteiger partial charge in [-0.15, -0.1) is 0 Å². The Morgan fingerprint density at radius 2 is 1.84 bits per heavy atom. The number of esters is 1. The lowest BCUT2D eigenvalue weighted by atomic mass is 10.1.